The van der Waals surface area contributed by atoms with Crippen molar-refractivity contribution < 1.29 is 0 Å². The van der Waals surface area contributed by atoms with Crippen LogP contribution in [0, 0.1) is 0 Å². The summed E-state index contributed by atoms with van der Waals surface area (Å²) in [6, 6.07) is 2.59. The Bertz CT molecular complexity index is 626. The van der Waals surface area contributed by atoms with Crippen molar-refractivity contribution in [2.75, 3.05) is 32.1 Å². The maximum atomic E-state index is 12.0. The van der Waals surface area contributed by atoms with Crippen molar-refractivity contribution in [3.63, 3.8) is 0 Å². The Morgan fingerprint density at radius 3 is 2.79 bits per heavy atom. The van der Waals surface area contributed by atoms with Crippen LogP contribution in [0.5, 0.6) is 0 Å². The number of anilines is 1. The van der Waals surface area contributed by atoms with Crippen LogP contribution in [0.3, 0.4) is 0 Å². The molecule has 2 aromatic heterocycles. The molecule has 0 N–H and O–H groups in total. The summed E-state index contributed by atoms with van der Waals surface area (Å²) in [4.78, 5) is 21.2. The van der Waals surface area contributed by atoms with Crippen LogP contribution in [0.2, 0.25) is 0 Å². The lowest BCUT2D eigenvalue weighted by atomic mass is 10.0. The number of hydrogen-bond acceptors (Lipinski definition) is 6. The summed E-state index contributed by atoms with van der Waals surface area (Å²) in [6.45, 7) is 1.98. The van der Waals surface area contributed by atoms with Gasteiger partial charge in [0.05, 0.1) is 5.52 Å². The molecule has 3 heterocycles. The van der Waals surface area contributed by atoms with Gasteiger partial charge in [0.25, 0.3) is 4.74 Å². The van der Waals surface area contributed by atoms with E-state index in [1.165, 1.54) is 22.7 Å². The number of hydrogen-bond donors (Lipinski definition) is 0. The summed E-state index contributed by atoms with van der Waals surface area (Å²) < 4.78 is 0.932. The van der Waals surface area contributed by atoms with E-state index in [-0.39, 0.29) is 4.74 Å². The first kappa shape index (κ1) is 13.0. The molecule has 102 valence electrons. The van der Waals surface area contributed by atoms with E-state index in [4.69, 9.17) is 0 Å². The van der Waals surface area contributed by atoms with E-state index in [9.17, 15) is 4.79 Å². The highest BCUT2D eigenvalue weighted by Crippen LogP contribution is 2.25. The van der Waals surface area contributed by atoms with Crippen molar-refractivity contribution >= 4 is 38.0 Å². The molecule has 0 aliphatic carbocycles. The molecule has 0 radical (unpaired) electrons. The van der Waals surface area contributed by atoms with Gasteiger partial charge in [0, 0.05) is 19.1 Å². The quantitative estimate of drug-likeness (QED) is 0.851. The SMILES string of the molecule is CN(C)C1CCN(c2nc3ccsc3c(=O)s2)CC1. The molecule has 0 amide bonds. The summed E-state index contributed by atoms with van der Waals surface area (Å²) >= 11 is 2.77. The van der Waals surface area contributed by atoms with Crippen LogP contribution in [-0.4, -0.2) is 43.1 Å². The highest BCUT2D eigenvalue weighted by molar-refractivity contribution is 7.21. The zero-order valence-electron chi connectivity index (χ0n) is 11.1. The molecule has 1 aliphatic rings. The van der Waals surface area contributed by atoms with Gasteiger partial charge in [-0.3, -0.25) is 4.79 Å². The van der Waals surface area contributed by atoms with Crippen LogP contribution in [0.15, 0.2) is 16.2 Å². The molecule has 1 fully saturated rings. The molecule has 0 atom stereocenters. The molecule has 0 saturated carbocycles. The summed E-state index contributed by atoms with van der Waals surface area (Å²) in [5.41, 5.74) is 0.846. The predicted octanol–water partition coefficient (Wildman–Crippen LogP) is 2.25. The lowest BCUT2D eigenvalue weighted by molar-refractivity contribution is 0.249. The molecule has 0 spiro atoms. The van der Waals surface area contributed by atoms with Crippen LogP contribution < -0.4 is 9.64 Å². The Hall–Kier alpha value is -0.980. The number of piperidine rings is 1. The molecule has 19 heavy (non-hydrogen) atoms. The van der Waals surface area contributed by atoms with E-state index >= 15 is 0 Å². The second-order valence-electron chi connectivity index (χ2n) is 5.10. The zero-order valence-corrected chi connectivity index (χ0v) is 12.8. The predicted molar refractivity (Wildman–Crippen MR) is 82.7 cm³/mol. The molecule has 6 heteroatoms. The maximum absolute atomic E-state index is 12.0. The van der Waals surface area contributed by atoms with Crippen LogP contribution in [0.1, 0.15) is 12.8 Å². The number of aromatic nitrogens is 1. The molecule has 1 saturated heterocycles. The molecular weight excluding hydrogens is 278 g/mol. The Morgan fingerprint density at radius 1 is 1.37 bits per heavy atom. The van der Waals surface area contributed by atoms with Gasteiger partial charge in [-0.25, -0.2) is 4.98 Å². The van der Waals surface area contributed by atoms with Crippen molar-refractivity contribution in [3.05, 3.63) is 21.0 Å². The van der Waals surface area contributed by atoms with E-state index < -0.39 is 0 Å². The second-order valence-corrected chi connectivity index (χ2v) is 6.96. The molecular formula is C13H17N3OS2. The first-order chi connectivity index (χ1) is 9.15. The minimum Gasteiger partial charge on any atom is -0.348 e. The van der Waals surface area contributed by atoms with Crippen LogP contribution in [-0.2, 0) is 0 Å². The molecule has 0 unspecified atom stereocenters. The van der Waals surface area contributed by atoms with Crippen LogP contribution >= 0.6 is 22.7 Å². The third-order valence-corrected chi connectivity index (χ3v) is 5.65. The highest BCUT2D eigenvalue weighted by Gasteiger charge is 2.22. The van der Waals surface area contributed by atoms with E-state index in [0.717, 1.165) is 41.3 Å². The lowest BCUT2D eigenvalue weighted by Gasteiger charge is -2.35. The number of nitrogens with zero attached hydrogens (tertiary/aromatic N) is 3. The van der Waals surface area contributed by atoms with Gasteiger partial charge in [0.15, 0.2) is 5.13 Å². The van der Waals surface area contributed by atoms with Gasteiger partial charge < -0.3 is 9.80 Å². The summed E-state index contributed by atoms with van der Waals surface area (Å²) in [5, 5.41) is 2.82. The average Bonchev–Trinajstić information content (AvgIpc) is 2.87. The van der Waals surface area contributed by atoms with Gasteiger partial charge in [-0.1, -0.05) is 11.3 Å². The largest absolute Gasteiger partial charge is 0.348 e. The van der Waals surface area contributed by atoms with Gasteiger partial charge >= 0.3 is 0 Å². The van der Waals surface area contributed by atoms with E-state index in [2.05, 4.69) is 28.9 Å². The lowest BCUT2D eigenvalue weighted by Crippen LogP contribution is -2.42. The minimum absolute atomic E-state index is 0.143. The topological polar surface area (TPSA) is 36.4 Å². The molecule has 0 bridgehead atoms. The van der Waals surface area contributed by atoms with Gasteiger partial charge in [-0.2, -0.15) is 0 Å². The summed E-state index contributed by atoms with van der Waals surface area (Å²) in [7, 11) is 4.27. The maximum Gasteiger partial charge on any atom is 0.255 e. The highest BCUT2D eigenvalue weighted by atomic mass is 32.1. The normalized spacial score (nSPS) is 17.5. The van der Waals surface area contributed by atoms with Crippen LogP contribution in [0.4, 0.5) is 5.13 Å². The second kappa shape index (κ2) is 5.19. The van der Waals surface area contributed by atoms with Gasteiger partial charge in [0.1, 0.15) is 4.70 Å². The van der Waals surface area contributed by atoms with E-state index in [1.807, 2.05) is 11.4 Å². The molecule has 4 nitrogen and oxygen atoms in total. The molecule has 3 rings (SSSR count). The molecule has 1 aliphatic heterocycles. The van der Waals surface area contributed by atoms with Crippen molar-refractivity contribution in [3.8, 4) is 0 Å². The smallest absolute Gasteiger partial charge is 0.255 e. The number of rotatable bonds is 2. The average molecular weight is 295 g/mol. The van der Waals surface area contributed by atoms with E-state index in [0.29, 0.717) is 6.04 Å². The minimum atomic E-state index is 0.143. The Balaban J connectivity index is 1.83. The van der Waals surface area contributed by atoms with Gasteiger partial charge in [-0.15, -0.1) is 11.3 Å². The fourth-order valence-corrected chi connectivity index (χ4v) is 4.26. The zero-order chi connectivity index (χ0) is 13.4. The third kappa shape index (κ3) is 2.52. The first-order valence-corrected chi connectivity index (χ1v) is 8.14. The van der Waals surface area contributed by atoms with Crippen molar-refractivity contribution in [1.29, 1.82) is 0 Å². The van der Waals surface area contributed by atoms with Crippen molar-refractivity contribution in [2.45, 2.75) is 18.9 Å². The Kier molecular flexibility index (Phi) is 3.56. The van der Waals surface area contributed by atoms with Gasteiger partial charge in [0.2, 0.25) is 0 Å². The molecule has 2 aromatic rings. The number of fused-ring (bicyclic) bond motifs is 1. The monoisotopic (exact) mass is 295 g/mol. The summed E-state index contributed by atoms with van der Waals surface area (Å²) in [5.74, 6) is 0. The first-order valence-electron chi connectivity index (χ1n) is 6.45. The third-order valence-electron chi connectivity index (χ3n) is 3.70. The molecule has 0 aromatic carbocycles. The van der Waals surface area contributed by atoms with Crippen molar-refractivity contribution in [1.82, 2.24) is 9.88 Å². The summed E-state index contributed by atoms with van der Waals surface area (Å²) in [6.07, 6.45) is 2.27. The van der Waals surface area contributed by atoms with Gasteiger partial charge in [-0.05, 0) is 38.4 Å². The fourth-order valence-electron chi connectivity index (χ4n) is 2.51. The Morgan fingerprint density at radius 2 is 2.11 bits per heavy atom. The van der Waals surface area contributed by atoms with Crippen molar-refractivity contribution in [2.24, 2.45) is 0 Å². The number of thiophene rings is 1. The van der Waals surface area contributed by atoms with Crippen LogP contribution in [0.25, 0.3) is 10.2 Å². The standard InChI is InChI=1S/C13H17N3OS2/c1-15(2)9-3-6-16(7-4-9)13-14-10-5-8-18-11(10)12(17)19-13/h5,8-9H,3-4,6-7H2,1-2H3. The fraction of sp³-hybridized carbons (Fsp3) is 0.538. The van der Waals surface area contributed by atoms with E-state index in [1.54, 1.807) is 0 Å². The Labute approximate surface area is 120 Å².